The topological polar surface area (TPSA) is 105 Å². The first kappa shape index (κ1) is 84.4. The van der Waals surface area contributed by atoms with Gasteiger partial charge in [0.15, 0.2) is 0 Å². The fourth-order valence-electron chi connectivity index (χ4n) is 9.99. The third-order valence-corrected chi connectivity index (χ3v) is 16.5. The normalized spacial score (nSPS) is 14.5. The number of quaternary nitrogens is 1. The van der Waals surface area contributed by atoms with Gasteiger partial charge in [0.1, 0.15) is 13.2 Å². The molecule has 0 aromatic carbocycles. The zero-order valence-electron chi connectivity index (χ0n) is 57.7. The van der Waals surface area contributed by atoms with E-state index in [2.05, 4.69) is 153 Å². The number of hydrogen-bond donors (Lipinski definition) is 3. The van der Waals surface area contributed by atoms with Gasteiger partial charge in [-0.05, 0) is 103 Å². The average Bonchev–Trinajstić information content (AvgIpc) is 3.70. The number of nitrogens with zero attached hydrogens (tertiary/aromatic N) is 1. The standard InChI is InChI=1S/C79H137N2O6P/c1-6-8-10-12-14-16-18-20-22-24-26-28-30-32-34-36-37-38-39-40-41-42-43-45-47-49-51-53-55-57-59-61-63-65-67-69-71-73-79(83)80-77(76-87-88(84,85)86-75-74-81(3,4)5)78(82)72-70-68-66-64-62-60-58-56-54-52-50-48-46-44-35-33-31-29-27-25-23-21-19-17-15-13-11-9-7-2/h8,10,14,16,20,22,26,28,32,34,37-38,40-41,43,45,49,51,55,57,61,63,70,72,77-78,82H,6-7,9,11-13,15,17-19,21,23-25,27,29-31,33,35-36,39,42,44,46-48,50,52-54,56,58-60,62,64-69,71,73-76H2,1-5H3,(H-,80,83,84,85)/p+1/b10-8-,16-14-,22-20-,28-26-,34-32-,38-37-,41-40-,45-43-,51-49-,57-55-,63-61-,72-70+. The molecule has 9 heteroatoms. The van der Waals surface area contributed by atoms with E-state index < -0.39 is 20.0 Å². The lowest BCUT2D eigenvalue weighted by Crippen LogP contribution is -2.45. The van der Waals surface area contributed by atoms with E-state index in [4.69, 9.17) is 9.05 Å². The number of aliphatic hydroxyl groups is 1. The van der Waals surface area contributed by atoms with Crippen molar-refractivity contribution >= 4 is 13.7 Å². The molecule has 0 saturated heterocycles. The zero-order chi connectivity index (χ0) is 64.1. The van der Waals surface area contributed by atoms with Gasteiger partial charge in [0.25, 0.3) is 0 Å². The van der Waals surface area contributed by atoms with Gasteiger partial charge >= 0.3 is 7.82 Å². The van der Waals surface area contributed by atoms with Crippen molar-refractivity contribution in [1.29, 1.82) is 0 Å². The van der Waals surface area contributed by atoms with Crippen LogP contribution in [0.2, 0.25) is 0 Å². The summed E-state index contributed by atoms with van der Waals surface area (Å²) in [6, 6.07) is -0.878. The van der Waals surface area contributed by atoms with Gasteiger partial charge in [-0.25, -0.2) is 4.57 Å². The SMILES string of the molecule is CC/C=C\C/C=C\C/C=C\C/C=C\C/C=C\C/C=C\C/C=C\C/C=C\C/C=C\C/C=C\C/C=C\CCCCCC(=O)NC(COP(=O)(O)OCC[N+](C)(C)C)C(O)/C=C/CCCCCCCCCCCCCCCCCCCCCCCCCCCCC. The quantitative estimate of drug-likeness (QED) is 0.0243. The first-order valence-corrected chi connectivity index (χ1v) is 37.7. The molecule has 8 nitrogen and oxygen atoms in total. The highest BCUT2D eigenvalue weighted by Gasteiger charge is 2.28. The van der Waals surface area contributed by atoms with Crippen molar-refractivity contribution in [2.24, 2.45) is 0 Å². The van der Waals surface area contributed by atoms with Gasteiger partial charge in [0.2, 0.25) is 5.91 Å². The maximum Gasteiger partial charge on any atom is 0.472 e. The first-order valence-electron chi connectivity index (χ1n) is 36.2. The second-order valence-electron chi connectivity index (χ2n) is 25.2. The molecular weight excluding hydrogens is 1100 g/mol. The summed E-state index contributed by atoms with van der Waals surface area (Å²) in [6.07, 6.45) is 104. The number of rotatable bonds is 65. The number of unbranched alkanes of at least 4 members (excludes halogenated alkanes) is 30. The second-order valence-corrected chi connectivity index (χ2v) is 26.7. The number of hydrogen-bond acceptors (Lipinski definition) is 5. The molecule has 0 rings (SSSR count). The fraction of sp³-hybridized carbons (Fsp3) is 0.684. The number of carbonyl (C=O) groups is 1. The predicted molar refractivity (Wildman–Crippen MR) is 387 cm³/mol. The maximum absolute atomic E-state index is 13.1. The molecule has 3 N–H and O–H groups in total. The van der Waals surface area contributed by atoms with Crippen LogP contribution in [-0.2, 0) is 18.4 Å². The Balaban J connectivity index is 4.21. The van der Waals surface area contributed by atoms with Crippen LogP contribution < -0.4 is 5.32 Å². The van der Waals surface area contributed by atoms with Crippen LogP contribution in [-0.4, -0.2) is 73.4 Å². The molecule has 88 heavy (non-hydrogen) atoms. The Bertz CT molecular complexity index is 1950. The maximum atomic E-state index is 13.1. The van der Waals surface area contributed by atoms with Crippen LogP contribution in [0.5, 0.6) is 0 Å². The molecule has 0 fully saturated rings. The monoisotopic (exact) mass is 1240 g/mol. The molecule has 3 unspecified atom stereocenters. The summed E-state index contributed by atoms with van der Waals surface area (Å²) >= 11 is 0. The molecule has 0 aliphatic carbocycles. The van der Waals surface area contributed by atoms with Crippen molar-refractivity contribution in [2.75, 3.05) is 40.9 Å². The summed E-state index contributed by atoms with van der Waals surface area (Å²) < 4.78 is 23.8. The Kier molecular flexibility index (Phi) is 65.0. The number of phosphoric ester groups is 1. The molecule has 0 aromatic heterocycles. The lowest BCUT2D eigenvalue weighted by molar-refractivity contribution is -0.870. The van der Waals surface area contributed by atoms with Crippen molar-refractivity contribution in [3.05, 3.63) is 146 Å². The lowest BCUT2D eigenvalue weighted by Gasteiger charge is -2.25. The van der Waals surface area contributed by atoms with Crippen LogP contribution in [0.1, 0.15) is 296 Å². The van der Waals surface area contributed by atoms with Crippen molar-refractivity contribution < 1.29 is 32.9 Å². The minimum Gasteiger partial charge on any atom is -0.387 e. The molecule has 0 radical (unpaired) electrons. The Morgan fingerprint density at radius 3 is 1.00 bits per heavy atom. The van der Waals surface area contributed by atoms with Gasteiger partial charge in [0, 0.05) is 6.42 Å². The van der Waals surface area contributed by atoms with E-state index in [-0.39, 0.29) is 19.1 Å². The molecule has 504 valence electrons. The van der Waals surface area contributed by atoms with Gasteiger partial charge in [-0.2, -0.15) is 0 Å². The van der Waals surface area contributed by atoms with Crippen LogP contribution in [0, 0.1) is 0 Å². The number of amides is 1. The van der Waals surface area contributed by atoms with E-state index in [1.54, 1.807) is 6.08 Å². The molecule has 0 bridgehead atoms. The first-order chi connectivity index (χ1) is 43.0. The van der Waals surface area contributed by atoms with Crippen molar-refractivity contribution in [3.63, 3.8) is 0 Å². The van der Waals surface area contributed by atoms with Crippen LogP contribution in [0.15, 0.2) is 146 Å². The second kappa shape index (κ2) is 67.8. The number of aliphatic hydroxyl groups excluding tert-OH is 1. The molecule has 0 aliphatic heterocycles. The summed E-state index contributed by atoms with van der Waals surface area (Å²) in [5.41, 5.74) is 0. The third kappa shape index (κ3) is 69.8. The Labute approximate surface area is 544 Å². The molecule has 0 aromatic rings. The van der Waals surface area contributed by atoms with E-state index in [0.717, 1.165) is 109 Å². The molecule has 0 spiro atoms. The Morgan fingerprint density at radius 1 is 0.398 bits per heavy atom. The number of nitrogens with one attached hydrogen (secondary N) is 1. The Hall–Kier alpha value is -3.62. The van der Waals surface area contributed by atoms with Gasteiger partial charge in [0.05, 0.1) is 39.9 Å². The van der Waals surface area contributed by atoms with Crippen molar-refractivity contribution in [3.8, 4) is 0 Å². The van der Waals surface area contributed by atoms with E-state index >= 15 is 0 Å². The minimum atomic E-state index is -4.38. The summed E-state index contributed by atoms with van der Waals surface area (Å²) in [6.45, 7) is 4.69. The minimum absolute atomic E-state index is 0.0473. The van der Waals surface area contributed by atoms with Crippen LogP contribution in [0.4, 0.5) is 0 Å². The van der Waals surface area contributed by atoms with Crippen molar-refractivity contribution in [1.82, 2.24) is 5.32 Å². The highest BCUT2D eigenvalue weighted by Crippen LogP contribution is 2.43. The van der Waals surface area contributed by atoms with Gasteiger partial charge in [-0.3, -0.25) is 13.8 Å². The predicted octanol–water partition coefficient (Wildman–Crippen LogP) is 23.6. The van der Waals surface area contributed by atoms with E-state index in [1.807, 2.05) is 27.2 Å². The summed E-state index contributed by atoms with van der Waals surface area (Å²) in [4.78, 5) is 23.4. The zero-order valence-corrected chi connectivity index (χ0v) is 58.6. The smallest absolute Gasteiger partial charge is 0.387 e. The molecule has 0 saturated carbocycles. The molecule has 1 amide bonds. The lowest BCUT2D eigenvalue weighted by atomic mass is 10.0. The van der Waals surface area contributed by atoms with Crippen LogP contribution in [0.3, 0.4) is 0 Å². The summed E-state index contributed by atoms with van der Waals surface area (Å²) in [7, 11) is 1.54. The number of allylic oxidation sites excluding steroid dienone is 23. The third-order valence-electron chi connectivity index (χ3n) is 15.6. The molecule has 0 heterocycles. The van der Waals surface area contributed by atoms with Gasteiger partial charge < -0.3 is 19.8 Å². The highest BCUT2D eigenvalue weighted by atomic mass is 31.2. The molecule has 3 atom stereocenters. The molecular formula is C79H138N2O6P+. The van der Waals surface area contributed by atoms with Gasteiger partial charge in [-0.15, -0.1) is 0 Å². The van der Waals surface area contributed by atoms with Crippen LogP contribution in [0.25, 0.3) is 0 Å². The van der Waals surface area contributed by atoms with Crippen molar-refractivity contribution in [2.45, 2.75) is 309 Å². The fourth-order valence-corrected chi connectivity index (χ4v) is 10.7. The van der Waals surface area contributed by atoms with Gasteiger partial charge in [-0.1, -0.05) is 333 Å². The van der Waals surface area contributed by atoms with E-state index in [0.29, 0.717) is 23.9 Å². The number of phosphoric acid groups is 1. The van der Waals surface area contributed by atoms with Crippen LogP contribution >= 0.6 is 7.82 Å². The highest BCUT2D eigenvalue weighted by molar-refractivity contribution is 7.47. The van der Waals surface area contributed by atoms with E-state index in [1.165, 1.54) is 161 Å². The summed E-state index contributed by atoms with van der Waals surface area (Å²) in [5, 5.41) is 14.0. The number of carbonyl (C=O) groups excluding carboxylic acids is 1. The molecule has 0 aliphatic rings. The summed E-state index contributed by atoms with van der Waals surface area (Å²) in [5.74, 6) is -0.211. The number of likely N-dealkylation sites (N-methyl/N-ethyl adjacent to an activating group) is 1. The Morgan fingerprint density at radius 2 is 0.682 bits per heavy atom. The largest absolute Gasteiger partial charge is 0.472 e. The average molecular weight is 1240 g/mol. The van der Waals surface area contributed by atoms with E-state index in [9.17, 15) is 19.4 Å².